The van der Waals surface area contributed by atoms with Crippen molar-refractivity contribution in [2.45, 2.75) is 89.5 Å². The van der Waals surface area contributed by atoms with Crippen molar-refractivity contribution in [3.63, 3.8) is 0 Å². The van der Waals surface area contributed by atoms with Gasteiger partial charge in [0.1, 0.15) is 0 Å². The number of aliphatic hydroxyl groups is 2. The van der Waals surface area contributed by atoms with Gasteiger partial charge < -0.3 is 20.8 Å². The van der Waals surface area contributed by atoms with Gasteiger partial charge in [-0.25, -0.2) is 0 Å². The van der Waals surface area contributed by atoms with Crippen LogP contribution >= 0.6 is 0 Å². The van der Waals surface area contributed by atoms with Crippen molar-refractivity contribution >= 4 is 45.0 Å². The lowest BCUT2D eigenvalue weighted by molar-refractivity contribution is -0.121. The zero-order chi connectivity index (χ0) is 35.9. The molecule has 10 atom stereocenters. The van der Waals surface area contributed by atoms with Crippen molar-refractivity contribution < 1.29 is 19.8 Å². The maximum absolute atomic E-state index is 13.2. The summed E-state index contributed by atoms with van der Waals surface area (Å²) >= 11 is 0. The number of nitrogens with zero attached hydrogens (tertiary/aromatic N) is 4. The molecule has 4 bridgehead atoms. The molecule has 8 heterocycles. The average molecular weight is 705 g/mol. The second-order valence-electron chi connectivity index (χ2n) is 15.7. The number of pyridine rings is 2. The first-order valence-electron chi connectivity index (χ1n) is 19.5. The largest absolute Gasteiger partial charge is 0.387 e. The molecular formula is C42H52N6O4. The highest BCUT2D eigenvalue weighted by molar-refractivity contribution is 6.04. The van der Waals surface area contributed by atoms with E-state index >= 15 is 0 Å². The SMILES string of the molecule is CC[C@@H]1CN2CC[C@@H]1C[C@H]2C(O)c1ccnc2c(NC(=O)CCC(=O)Nc3cccc4c(C(O)[C@@H]5C[C@@H]6CCN5C[C@@H]6CC)ccnc34)cccc12. The summed E-state index contributed by atoms with van der Waals surface area (Å²) in [5, 5.41) is 30.9. The predicted octanol–water partition coefficient (Wildman–Crippen LogP) is 6.45. The van der Waals surface area contributed by atoms with E-state index in [4.69, 9.17) is 0 Å². The number of aromatic nitrogens is 2. The molecule has 4 aromatic rings. The van der Waals surface area contributed by atoms with Crippen molar-refractivity contribution in [2.75, 3.05) is 36.8 Å². The zero-order valence-electron chi connectivity index (χ0n) is 30.4. The van der Waals surface area contributed by atoms with E-state index in [0.717, 1.165) is 60.9 Å². The van der Waals surface area contributed by atoms with Gasteiger partial charge in [0.15, 0.2) is 0 Å². The van der Waals surface area contributed by atoms with Crippen LogP contribution in [-0.4, -0.2) is 80.1 Å². The molecule has 274 valence electrons. The van der Waals surface area contributed by atoms with Gasteiger partial charge in [0.25, 0.3) is 0 Å². The molecule has 10 nitrogen and oxygen atoms in total. The highest BCUT2D eigenvalue weighted by atomic mass is 16.3. The lowest BCUT2D eigenvalue weighted by Crippen LogP contribution is -2.55. The topological polar surface area (TPSA) is 131 Å². The van der Waals surface area contributed by atoms with Crippen LogP contribution in [0.15, 0.2) is 60.9 Å². The first-order chi connectivity index (χ1) is 25.3. The van der Waals surface area contributed by atoms with Crippen molar-refractivity contribution in [3.05, 3.63) is 72.1 Å². The van der Waals surface area contributed by atoms with Crippen molar-refractivity contribution in [3.8, 4) is 0 Å². The van der Waals surface area contributed by atoms with Crippen molar-refractivity contribution in [2.24, 2.45) is 23.7 Å². The third kappa shape index (κ3) is 6.59. The Bertz CT molecular complexity index is 1810. The molecule has 0 radical (unpaired) electrons. The molecule has 2 amide bonds. The number of rotatable bonds is 11. The van der Waals surface area contributed by atoms with Gasteiger partial charge in [-0.15, -0.1) is 0 Å². The maximum Gasteiger partial charge on any atom is 0.224 e. The Labute approximate surface area is 306 Å². The molecule has 6 aliphatic heterocycles. The monoisotopic (exact) mass is 704 g/mol. The molecule has 10 rings (SSSR count). The molecule has 6 saturated heterocycles. The number of fused-ring (bicyclic) bond motifs is 8. The van der Waals surface area contributed by atoms with Crippen molar-refractivity contribution in [1.82, 2.24) is 19.8 Å². The van der Waals surface area contributed by atoms with Crippen LogP contribution in [0.3, 0.4) is 0 Å². The molecule has 2 aromatic carbocycles. The molecule has 52 heavy (non-hydrogen) atoms. The molecule has 4 N–H and O–H groups in total. The summed E-state index contributed by atoms with van der Waals surface area (Å²) < 4.78 is 0. The minimum atomic E-state index is -0.641. The third-order valence-electron chi connectivity index (χ3n) is 13.0. The highest BCUT2D eigenvalue weighted by Crippen LogP contribution is 2.44. The Balaban J connectivity index is 0.914. The molecule has 10 heteroatoms. The molecule has 0 aliphatic carbocycles. The van der Waals surface area contributed by atoms with Gasteiger partial charge in [0, 0.05) is 61.2 Å². The summed E-state index contributed by atoms with van der Waals surface area (Å²) in [7, 11) is 0. The van der Waals surface area contributed by atoms with Crippen LogP contribution in [-0.2, 0) is 9.59 Å². The second-order valence-corrected chi connectivity index (χ2v) is 15.7. The summed E-state index contributed by atoms with van der Waals surface area (Å²) in [6.07, 6.45) is 8.87. The minimum Gasteiger partial charge on any atom is -0.387 e. The predicted molar refractivity (Wildman–Crippen MR) is 204 cm³/mol. The van der Waals surface area contributed by atoms with E-state index < -0.39 is 12.2 Å². The Kier molecular flexibility index (Phi) is 10.00. The van der Waals surface area contributed by atoms with E-state index in [1.54, 1.807) is 12.4 Å². The van der Waals surface area contributed by atoms with E-state index in [-0.39, 0.29) is 36.7 Å². The van der Waals surface area contributed by atoms with E-state index in [0.29, 0.717) is 46.1 Å². The minimum absolute atomic E-state index is 0.0127. The van der Waals surface area contributed by atoms with E-state index in [2.05, 4.69) is 44.2 Å². The van der Waals surface area contributed by atoms with Gasteiger partial charge in [-0.1, -0.05) is 51.0 Å². The lowest BCUT2D eigenvalue weighted by Gasteiger charge is -2.51. The number of benzene rings is 2. The van der Waals surface area contributed by atoms with E-state index in [9.17, 15) is 19.8 Å². The van der Waals surface area contributed by atoms with Gasteiger partial charge in [0.2, 0.25) is 11.8 Å². The second kappa shape index (κ2) is 14.8. The third-order valence-corrected chi connectivity index (χ3v) is 13.0. The van der Waals surface area contributed by atoms with Crippen LogP contribution in [0.5, 0.6) is 0 Å². The first-order valence-corrected chi connectivity index (χ1v) is 19.5. The van der Waals surface area contributed by atoms with Gasteiger partial charge >= 0.3 is 0 Å². The Morgan fingerprint density at radius 2 is 1.15 bits per heavy atom. The lowest BCUT2D eigenvalue weighted by atomic mass is 9.72. The summed E-state index contributed by atoms with van der Waals surface area (Å²) in [6.45, 7) is 8.67. The Morgan fingerprint density at radius 3 is 1.54 bits per heavy atom. The smallest absolute Gasteiger partial charge is 0.224 e. The standard InChI is InChI=1S/C42H52N6O4/c1-3-25-23-47-19-15-27(25)21-35(47)41(51)31-13-17-43-39-29(31)7-5-9-33(39)45-37(49)11-12-38(50)46-34-10-6-8-30-32(14-18-44-40(30)34)42(52)36-22-28-16-20-48(36)24-26(28)4-2/h5-10,13-14,17-18,25-28,35-36,41-42,51-52H,3-4,11-12,15-16,19-24H2,1-2H3,(H,45,49)(H,46,50)/t25-,26+,27-,28+,35-,36-,41?,42?/m0/s1. The molecule has 6 fully saturated rings. The van der Waals surface area contributed by atoms with Crippen molar-refractivity contribution in [1.29, 1.82) is 0 Å². The van der Waals surface area contributed by atoms with Crippen LogP contribution in [0.4, 0.5) is 11.4 Å². The van der Waals surface area contributed by atoms with Gasteiger partial charge in [-0.2, -0.15) is 0 Å². The number of aliphatic hydroxyl groups excluding tert-OH is 2. The highest BCUT2D eigenvalue weighted by Gasteiger charge is 2.44. The van der Waals surface area contributed by atoms with Crippen LogP contribution in [0, 0.1) is 23.7 Å². The van der Waals surface area contributed by atoms with Gasteiger partial charge in [-0.3, -0.25) is 29.4 Å². The Hall–Kier alpha value is -3.96. The first kappa shape index (κ1) is 35.1. The number of amides is 2. The molecule has 4 unspecified atom stereocenters. The molecule has 6 aliphatic rings. The number of hydrogen-bond donors (Lipinski definition) is 4. The van der Waals surface area contributed by atoms with Crippen LogP contribution in [0.1, 0.15) is 88.5 Å². The maximum atomic E-state index is 13.2. The molecule has 0 spiro atoms. The Morgan fingerprint density at radius 1 is 0.712 bits per heavy atom. The number of nitrogens with one attached hydrogen (secondary N) is 2. The number of para-hydroxylation sites is 2. The van der Waals surface area contributed by atoms with E-state index in [1.807, 2.05) is 48.5 Å². The van der Waals surface area contributed by atoms with E-state index in [1.165, 1.54) is 25.7 Å². The molecule has 0 saturated carbocycles. The number of piperidine rings is 6. The number of hydrogen-bond acceptors (Lipinski definition) is 8. The summed E-state index contributed by atoms with van der Waals surface area (Å²) in [6, 6.07) is 15.2. The fraction of sp³-hybridized carbons (Fsp3) is 0.524. The molecular weight excluding hydrogens is 652 g/mol. The van der Waals surface area contributed by atoms with Gasteiger partial charge in [0.05, 0.1) is 34.6 Å². The summed E-state index contributed by atoms with van der Waals surface area (Å²) in [4.78, 5) is 40.5. The number of anilines is 2. The van der Waals surface area contributed by atoms with Crippen LogP contribution in [0.2, 0.25) is 0 Å². The van der Waals surface area contributed by atoms with Crippen LogP contribution in [0.25, 0.3) is 21.8 Å². The fourth-order valence-electron chi connectivity index (χ4n) is 10.1. The normalized spacial score (nSPS) is 29.2. The van der Waals surface area contributed by atoms with Gasteiger partial charge in [-0.05, 0) is 97.8 Å². The number of carbonyl (C=O) groups is 2. The fourth-order valence-corrected chi connectivity index (χ4v) is 10.1. The summed E-state index contributed by atoms with van der Waals surface area (Å²) in [5.41, 5.74) is 4.04. The quantitative estimate of drug-likeness (QED) is 0.140. The van der Waals surface area contributed by atoms with Crippen LogP contribution < -0.4 is 10.6 Å². The average Bonchev–Trinajstić information content (AvgIpc) is 3.19. The molecule has 2 aromatic heterocycles. The zero-order valence-corrected chi connectivity index (χ0v) is 30.4. The number of carbonyl (C=O) groups excluding carboxylic acids is 2. The summed E-state index contributed by atoms with van der Waals surface area (Å²) in [5.74, 6) is 2.15.